The number of rotatable bonds is 1. The number of fused-ring (bicyclic) bond motifs is 2. The number of esters is 1. The molecule has 2 fully saturated rings. The van der Waals surface area contributed by atoms with Crippen molar-refractivity contribution in [3.63, 3.8) is 0 Å². The highest BCUT2D eigenvalue weighted by atomic mass is 16.6. The van der Waals surface area contributed by atoms with Crippen molar-refractivity contribution in [1.29, 1.82) is 0 Å². The number of carbonyl (C=O) groups excluding carboxylic acids is 2. The highest BCUT2D eigenvalue weighted by molar-refractivity contribution is 6.07. The summed E-state index contributed by atoms with van der Waals surface area (Å²) in [4.78, 5) is 27.8. The summed E-state index contributed by atoms with van der Waals surface area (Å²) < 4.78 is 11.2. The molecule has 2 aliphatic heterocycles. The van der Waals surface area contributed by atoms with Gasteiger partial charge in [0.15, 0.2) is 0 Å². The molecule has 1 saturated carbocycles. The molecule has 2 aromatic carbocycles. The first-order valence-corrected chi connectivity index (χ1v) is 9.18. The second-order valence-corrected chi connectivity index (χ2v) is 8.49. The first-order valence-electron chi connectivity index (χ1n) is 9.18. The Balaban J connectivity index is 1.70. The molecule has 5 rings (SSSR count). The van der Waals surface area contributed by atoms with Gasteiger partial charge in [0.25, 0.3) is 0 Å². The van der Waals surface area contributed by atoms with Gasteiger partial charge in [-0.15, -0.1) is 0 Å². The van der Waals surface area contributed by atoms with Crippen LogP contribution in [0.1, 0.15) is 31.9 Å². The second kappa shape index (κ2) is 4.91. The zero-order valence-electron chi connectivity index (χ0n) is 15.6. The molecule has 0 unspecified atom stereocenters. The number of para-hydroxylation sites is 1. The Kier molecular flexibility index (Phi) is 2.98. The fourth-order valence-corrected chi connectivity index (χ4v) is 5.09. The SMILES string of the molecule is CC(C)(C)OC(=O)N1c2ccccc2[C@@]23COC(=O)[C@]2(c2ccccc2)[C@@H]13. The van der Waals surface area contributed by atoms with Gasteiger partial charge in [-0.2, -0.15) is 0 Å². The van der Waals surface area contributed by atoms with Crippen molar-refractivity contribution in [1.82, 2.24) is 0 Å². The van der Waals surface area contributed by atoms with E-state index in [1.54, 1.807) is 4.90 Å². The van der Waals surface area contributed by atoms with Gasteiger partial charge < -0.3 is 9.47 Å². The van der Waals surface area contributed by atoms with Crippen molar-refractivity contribution >= 4 is 17.7 Å². The van der Waals surface area contributed by atoms with Gasteiger partial charge >= 0.3 is 12.1 Å². The lowest BCUT2D eigenvalue weighted by Crippen LogP contribution is -2.43. The van der Waals surface area contributed by atoms with Crippen LogP contribution < -0.4 is 4.90 Å². The number of cyclic esters (lactones) is 1. The minimum absolute atomic E-state index is 0.262. The first-order chi connectivity index (χ1) is 12.8. The smallest absolute Gasteiger partial charge is 0.415 e. The van der Waals surface area contributed by atoms with Crippen molar-refractivity contribution in [3.05, 3.63) is 65.7 Å². The maximum atomic E-state index is 13.1. The molecule has 1 saturated heterocycles. The number of nitrogens with zero attached hydrogens (tertiary/aromatic N) is 1. The normalized spacial score (nSPS) is 30.3. The van der Waals surface area contributed by atoms with E-state index in [1.807, 2.05) is 75.4 Å². The monoisotopic (exact) mass is 363 g/mol. The molecular weight excluding hydrogens is 342 g/mol. The lowest BCUT2D eigenvalue weighted by Gasteiger charge is -2.29. The van der Waals surface area contributed by atoms with Crippen LogP contribution in [0.25, 0.3) is 0 Å². The number of amides is 1. The Bertz CT molecular complexity index is 964. The predicted molar refractivity (Wildman–Crippen MR) is 99.7 cm³/mol. The van der Waals surface area contributed by atoms with Gasteiger partial charge in [0.2, 0.25) is 0 Å². The number of hydrogen-bond acceptors (Lipinski definition) is 4. The molecule has 27 heavy (non-hydrogen) atoms. The molecule has 1 amide bonds. The molecule has 3 aliphatic rings. The third kappa shape index (κ3) is 1.79. The Hall–Kier alpha value is -2.82. The molecule has 0 N–H and O–H groups in total. The number of benzene rings is 2. The van der Waals surface area contributed by atoms with Gasteiger partial charge in [-0.05, 0) is 38.0 Å². The van der Waals surface area contributed by atoms with E-state index < -0.39 is 22.5 Å². The fraction of sp³-hybridized carbons (Fsp3) is 0.364. The Labute approximate surface area is 157 Å². The van der Waals surface area contributed by atoms with Gasteiger partial charge in [-0.1, -0.05) is 48.5 Å². The Morgan fingerprint density at radius 2 is 1.78 bits per heavy atom. The first kappa shape index (κ1) is 16.4. The van der Waals surface area contributed by atoms with Crippen LogP contribution in [-0.2, 0) is 25.1 Å². The molecule has 1 aliphatic carbocycles. The molecule has 5 nitrogen and oxygen atoms in total. The summed E-state index contributed by atoms with van der Waals surface area (Å²) in [5.41, 5.74) is 0.655. The summed E-state index contributed by atoms with van der Waals surface area (Å²) in [6.07, 6.45) is -0.422. The standard InChI is InChI=1S/C22H21NO4/c1-20(2,3)27-19(25)23-16-12-8-7-11-15(16)21-13-26-18(24)22(21,17(21)23)14-9-5-4-6-10-14/h4-12,17H,13H2,1-3H3/t17-,21+,22-/m0/s1. The van der Waals surface area contributed by atoms with E-state index in [2.05, 4.69) is 0 Å². The zero-order valence-corrected chi connectivity index (χ0v) is 15.6. The molecule has 2 aromatic rings. The van der Waals surface area contributed by atoms with E-state index in [0.29, 0.717) is 0 Å². The topological polar surface area (TPSA) is 55.8 Å². The minimum Gasteiger partial charge on any atom is -0.464 e. The van der Waals surface area contributed by atoms with Crippen molar-refractivity contribution in [3.8, 4) is 0 Å². The lowest BCUT2D eigenvalue weighted by atomic mass is 9.82. The van der Waals surface area contributed by atoms with Gasteiger partial charge in [0.05, 0.1) is 17.1 Å². The summed E-state index contributed by atoms with van der Waals surface area (Å²) in [6, 6.07) is 17.1. The van der Waals surface area contributed by atoms with E-state index in [0.717, 1.165) is 16.8 Å². The van der Waals surface area contributed by atoms with Crippen LogP contribution in [-0.4, -0.2) is 30.3 Å². The van der Waals surface area contributed by atoms with E-state index in [1.165, 1.54) is 0 Å². The molecule has 0 aromatic heterocycles. The minimum atomic E-state index is -0.862. The molecule has 0 bridgehead atoms. The van der Waals surface area contributed by atoms with Crippen molar-refractivity contribution in [2.24, 2.45) is 0 Å². The second-order valence-electron chi connectivity index (χ2n) is 8.49. The Morgan fingerprint density at radius 1 is 1.11 bits per heavy atom. The molecular formula is C22H21NO4. The van der Waals surface area contributed by atoms with Gasteiger partial charge in [-0.3, -0.25) is 9.69 Å². The van der Waals surface area contributed by atoms with Crippen LogP contribution in [0.4, 0.5) is 10.5 Å². The fourth-order valence-electron chi connectivity index (χ4n) is 5.09. The summed E-state index contributed by atoms with van der Waals surface area (Å²) >= 11 is 0. The summed E-state index contributed by atoms with van der Waals surface area (Å²) in [5.74, 6) is -0.262. The highest BCUT2D eigenvalue weighted by Gasteiger charge is 2.91. The number of hydrogen-bond donors (Lipinski definition) is 0. The number of anilines is 1. The summed E-state index contributed by atoms with van der Waals surface area (Å²) in [5, 5.41) is 0. The Morgan fingerprint density at radius 3 is 2.48 bits per heavy atom. The van der Waals surface area contributed by atoms with Crippen LogP contribution in [0.5, 0.6) is 0 Å². The van der Waals surface area contributed by atoms with E-state index >= 15 is 0 Å². The molecule has 2 heterocycles. The third-order valence-corrected chi connectivity index (χ3v) is 5.97. The highest BCUT2D eigenvalue weighted by Crippen LogP contribution is 2.76. The van der Waals surface area contributed by atoms with Crippen LogP contribution in [0.15, 0.2) is 54.6 Å². The van der Waals surface area contributed by atoms with E-state index in [9.17, 15) is 9.59 Å². The third-order valence-electron chi connectivity index (χ3n) is 5.97. The van der Waals surface area contributed by atoms with Crippen LogP contribution >= 0.6 is 0 Å². The summed E-state index contributed by atoms with van der Waals surface area (Å²) in [6.45, 7) is 5.81. The maximum Gasteiger partial charge on any atom is 0.415 e. The van der Waals surface area contributed by atoms with Crippen molar-refractivity contribution in [2.45, 2.75) is 43.2 Å². The molecule has 0 radical (unpaired) electrons. The quantitative estimate of drug-likeness (QED) is 0.727. The summed E-state index contributed by atoms with van der Waals surface area (Å²) in [7, 11) is 0. The van der Waals surface area contributed by atoms with Gasteiger partial charge in [0, 0.05) is 0 Å². The van der Waals surface area contributed by atoms with Crippen molar-refractivity contribution < 1.29 is 19.1 Å². The number of ether oxygens (including phenoxy) is 2. The maximum absolute atomic E-state index is 13.1. The van der Waals surface area contributed by atoms with E-state index in [-0.39, 0.29) is 18.6 Å². The zero-order chi connectivity index (χ0) is 19.0. The molecule has 5 heteroatoms. The van der Waals surface area contributed by atoms with Crippen LogP contribution in [0, 0.1) is 0 Å². The van der Waals surface area contributed by atoms with Gasteiger partial charge in [0.1, 0.15) is 17.6 Å². The molecule has 1 spiro atoms. The molecule has 138 valence electrons. The van der Waals surface area contributed by atoms with Crippen LogP contribution in [0.3, 0.4) is 0 Å². The predicted octanol–water partition coefficient (Wildman–Crippen LogP) is 3.56. The van der Waals surface area contributed by atoms with Crippen LogP contribution in [0.2, 0.25) is 0 Å². The molecule has 3 atom stereocenters. The van der Waals surface area contributed by atoms with Gasteiger partial charge in [-0.25, -0.2) is 4.79 Å². The number of carbonyl (C=O) groups is 2. The average Bonchev–Trinajstić information content (AvgIpc) is 2.93. The lowest BCUT2D eigenvalue weighted by molar-refractivity contribution is -0.142. The van der Waals surface area contributed by atoms with Crippen molar-refractivity contribution in [2.75, 3.05) is 11.5 Å². The largest absolute Gasteiger partial charge is 0.464 e. The average molecular weight is 363 g/mol. The van der Waals surface area contributed by atoms with E-state index in [4.69, 9.17) is 9.47 Å².